The lowest BCUT2D eigenvalue weighted by Gasteiger charge is -2.16. The largest absolute Gasteiger partial charge is 0.507 e. The third-order valence-electron chi connectivity index (χ3n) is 3.33. The Bertz CT molecular complexity index is 390. The number of phenols is 1. The van der Waals surface area contributed by atoms with E-state index in [2.05, 4.69) is 28.2 Å². The van der Waals surface area contributed by atoms with Crippen molar-refractivity contribution in [2.45, 2.75) is 39.7 Å². The van der Waals surface area contributed by atoms with Crippen molar-refractivity contribution >= 4 is 15.9 Å². The summed E-state index contributed by atoms with van der Waals surface area (Å²) in [6.07, 6.45) is 3.09. The first-order valence-electron chi connectivity index (χ1n) is 6.88. The molecule has 1 aromatic carbocycles. The van der Waals surface area contributed by atoms with Crippen LogP contribution < -0.4 is 5.32 Å². The fourth-order valence-electron chi connectivity index (χ4n) is 2.29. The number of hydrogen-bond acceptors (Lipinski definition) is 3. The molecule has 3 N–H and O–H groups in total. The molecule has 0 bridgehead atoms. The van der Waals surface area contributed by atoms with Crippen LogP contribution in [0.3, 0.4) is 0 Å². The number of aliphatic hydroxyl groups is 1. The van der Waals surface area contributed by atoms with Crippen molar-refractivity contribution < 1.29 is 10.2 Å². The van der Waals surface area contributed by atoms with Crippen LogP contribution in [0.1, 0.15) is 37.3 Å². The van der Waals surface area contributed by atoms with Gasteiger partial charge in [0.25, 0.3) is 0 Å². The highest BCUT2D eigenvalue weighted by Crippen LogP contribution is 2.26. The van der Waals surface area contributed by atoms with Gasteiger partial charge >= 0.3 is 0 Å². The van der Waals surface area contributed by atoms with Gasteiger partial charge in [-0.2, -0.15) is 0 Å². The Balaban J connectivity index is 2.52. The fraction of sp³-hybridized carbons (Fsp3) is 0.600. The molecule has 0 saturated carbocycles. The molecule has 0 saturated heterocycles. The maximum atomic E-state index is 9.99. The molecule has 1 aromatic rings. The molecule has 1 rings (SSSR count). The number of phenolic OH excluding ortho intramolecular Hbond substituents is 1. The average Bonchev–Trinajstić information content (AvgIpc) is 2.35. The van der Waals surface area contributed by atoms with E-state index in [4.69, 9.17) is 5.11 Å². The molecule has 19 heavy (non-hydrogen) atoms. The van der Waals surface area contributed by atoms with Crippen molar-refractivity contribution in [3.8, 4) is 5.75 Å². The van der Waals surface area contributed by atoms with Gasteiger partial charge < -0.3 is 15.5 Å². The molecular weight excluding hydrogens is 306 g/mol. The van der Waals surface area contributed by atoms with Gasteiger partial charge in [-0.25, -0.2) is 0 Å². The summed E-state index contributed by atoms with van der Waals surface area (Å²) in [6.45, 7) is 5.83. The summed E-state index contributed by atoms with van der Waals surface area (Å²) in [5.74, 6) is 0.871. The molecule has 0 amide bonds. The lowest BCUT2D eigenvalue weighted by atomic mass is 10.00. The van der Waals surface area contributed by atoms with E-state index in [0.717, 1.165) is 41.4 Å². The van der Waals surface area contributed by atoms with Crippen LogP contribution in [-0.4, -0.2) is 23.4 Å². The molecule has 0 fully saturated rings. The van der Waals surface area contributed by atoms with Gasteiger partial charge in [-0.05, 0) is 49.9 Å². The van der Waals surface area contributed by atoms with Gasteiger partial charge in [-0.3, -0.25) is 0 Å². The Labute approximate surface area is 124 Å². The highest BCUT2D eigenvalue weighted by Gasteiger charge is 2.09. The maximum Gasteiger partial charge on any atom is 0.123 e. The van der Waals surface area contributed by atoms with Crippen LogP contribution in [0.5, 0.6) is 5.75 Å². The van der Waals surface area contributed by atoms with Crippen LogP contribution in [0.4, 0.5) is 0 Å². The molecule has 0 aromatic heterocycles. The van der Waals surface area contributed by atoms with Gasteiger partial charge in [0.2, 0.25) is 0 Å². The van der Waals surface area contributed by atoms with E-state index < -0.39 is 0 Å². The van der Waals surface area contributed by atoms with E-state index in [-0.39, 0.29) is 6.61 Å². The molecule has 0 aliphatic rings. The summed E-state index contributed by atoms with van der Waals surface area (Å²) in [4.78, 5) is 0. The van der Waals surface area contributed by atoms with Crippen LogP contribution in [0, 0.1) is 12.8 Å². The zero-order valence-corrected chi connectivity index (χ0v) is 13.3. The first-order chi connectivity index (χ1) is 9.08. The molecule has 0 heterocycles. The average molecular weight is 330 g/mol. The smallest absolute Gasteiger partial charge is 0.123 e. The number of aliphatic hydroxyl groups excluding tert-OH is 1. The lowest BCUT2D eigenvalue weighted by Crippen LogP contribution is -2.23. The summed E-state index contributed by atoms with van der Waals surface area (Å²) in [5.41, 5.74) is 1.79. The van der Waals surface area contributed by atoms with Gasteiger partial charge in [0.1, 0.15) is 5.75 Å². The predicted molar refractivity (Wildman–Crippen MR) is 82.4 cm³/mol. The van der Waals surface area contributed by atoms with Crippen molar-refractivity contribution in [1.29, 1.82) is 0 Å². The summed E-state index contributed by atoms with van der Waals surface area (Å²) < 4.78 is 0.986. The highest BCUT2D eigenvalue weighted by atomic mass is 79.9. The number of aromatic hydroxyl groups is 1. The van der Waals surface area contributed by atoms with E-state index in [1.807, 2.05) is 19.1 Å². The third kappa shape index (κ3) is 5.51. The van der Waals surface area contributed by atoms with Crippen molar-refractivity contribution in [3.05, 3.63) is 27.7 Å². The van der Waals surface area contributed by atoms with Crippen LogP contribution in [0.25, 0.3) is 0 Å². The van der Waals surface area contributed by atoms with Crippen LogP contribution in [-0.2, 0) is 6.54 Å². The van der Waals surface area contributed by atoms with Gasteiger partial charge in [0.05, 0.1) is 0 Å². The summed E-state index contributed by atoms with van der Waals surface area (Å²) >= 11 is 3.45. The van der Waals surface area contributed by atoms with E-state index >= 15 is 0 Å². The normalized spacial score (nSPS) is 12.6. The van der Waals surface area contributed by atoms with Gasteiger partial charge in [0.15, 0.2) is 0 Å². The quantitative estimate of drug-likeness (QED) is 0.685. The summed E-state index contributed by atoms with van der Waals surface area (Å²) in [7, 11) is 0. The number of aryl methyl sites for hydroxylation is 1. The van der Waals surface area contributed by atoms with Crippen LogP contribution >= 0.6 is 15.9 Å². The van der Waals surface area contributed by atoms with Crippen LogP contribution in [0.15, 0.2) is 16.6 Å². The molecule has 108 valence electrons. The van der Waals surface area contributed by atoms with Crippen molar-refractivity contribution in [2.75, 3.05) is 13.2 Å². The molecule has 1 atom stereocenters. The Hall–Kier alpha value is -0.580. The summed E-state index contributed by atoms with van der Waals surface area (Å²) in [6, 6.07) is 3.85. The Kier molecular flexibility index (Phi) is 7.42. The van der Waals surface area contributed by atoms with Crippen LogP contribution in [0.2, 0.25) is 0 Å². The molecule has 3 nitrogen and oxygen atoms in total. The lowest BCUT2D eigenvalue weighted by molar-refractivity contribution is 0.248. The molecular formula is C15H24BrNO2. The number of hydrogen-bond donors (Lipinski definition) is 3. The maximum absolute atomic E-state index is 9.99. The van der Waals surface area contributed by atoms with E-state index in [0.29, 0.717) is 18.2 Å². The second-order valence-corrected chi connectivity index (χ2v) is 5.94. The second-order valence-electron chi connectivity index (χ2n) is 5.03. The second kappa shape index (κ2) is 8.56. The number of benzene rings is 1. The van der Waals surface area contributed by atoms with E-state index in [1.54, 1.807) is 0 Å². The monoisotopic (exact) mass is 329 g/mol. The van der Waals surface area contributed by atoms with E-state index in [9.17, 15) is 5.11 Å². The highest BCUT2D eigenvalue weighted by molar-refractivity contribution is 9.10. The minimum absolute atomic E-state index is 0.244. The number of halogens is 1. The minimum Gasteiger partial charge on any atom is -0.507 e. The molecule has 1 unspecified atom stereocenters. The molecule has 4 heteroatoms. The minimum atomic E-state index is 0.244. The zero-order chi connectivity index (χ0) is 14.3. The standard InChI is InChI=1S/C15H24BrNO2/c1-3-4-12(5-6-18)9-17-10-13-8-14(16)7-11(2)15(13)19/h7-8,12,17-19H,3-6,9-10H2,1-2H3. The number of rotatable bonds is 8. The Morgan fingerprint density at radius 2 is 2.05 bits per heavy atom. The van der Waals surface area contributed by atoms with Gasteiger partial charge in [-0.1, -0.05) is 29.3 Å². The first-order valence-corrected chi connectivity index (χ1v) is 7.67. The zero-order valence-electron chi connectivity index (χ0n) is 11.7. The fourth-order valence-corrected chi connectivity index (χ4v) is 2.91. The van der Waals surface area contributed by atoms with Gasteiger partial charge in [-0.15, -0.1) is 0 Å². The van der Waals surface area contributed by atoms with Crippen molar-refractivity contribution in [3.63, 3.8) is 0 Å². The predicted octanol–water partition coefficient (Wildman–Crippen LogP) is 3.35. The Morgan fingerprint density at radius 1 is 1.32 bits per heavy atom. The van der Waals surface area contributed by atoms with E-state index in [1.165, 1.54) is 0 Å². The number of nitrogens with one attached hydrogen (secondary N) is 1. The van der Waals surface area contributed by atoms with Crippen molar-refractivity contribution in [2.24, 2.45) is 5.92 Å². The van der Waals surface area contributed by atoms with Crippen molar-refractivity contribution in [1.82, 2.24) is 5.32 Å². The van der Waals surface area contributed by atoms with Gasteiger partial charge in [0, 0.05) is 23.2 Å². The summed E-state index contributed by atoms with van der Waals surface area (Å²) in [5, 5.41) is 22.4. The molecule has 0 radical (unpaired) electrons. The molecule has 0 aliphatic carbocycles. The first kappa shape index (κ1) is 16.5. The third-order valence-corrected chi connectivity index (χ3v) is 3.78. The topological polar surface area (TPSA) is 52.5 Å². The SMILES string of the molecule is CCCC(CCO)CNCc1cc(Br)cc(C)c1O. The molecule has 0 aliphatic heterocycles. The molecule has 0 spiro atoms. The Morgan fingerprint density at radius 3 is 2.68 bits per heavy atom.